The summed E-state index contributed by atoms with van der Waals surface area (Å²) in [7, 11) is 0. The van der Waals surface area contributed by atoms with Crippen molar-refractivity contribution in [1.29, 1.82) is 0 Å². The van der Waals surface area contributed by atoms with E-state index >= 15 is 0 Å². The number of aryl methyl sites for hydroxylation is 2. The maximum Gasteiger partial charge on any atom is 0.222 e. The van der Waals surface area contributed by atoms with Crippen LogP contribution in [0.3, 0.4) is 0 Å². The molecule has 0 radical (unpaired) electrons. The lowest BCUT2D eigenvalue weighted by Gasteiger charge is -2.34. The number of aromatic amines is 1. The van der Waals surface area contributed by atoms with Gasteiger partial charge in [0.25, 0.3) is 0 Å². The molecule has 1 aromatic rings. The highest BCUT2D eigenvalue weighted by Crippen LogP contribution is 2.12. The van der Waals surface area contributed by atoms with Crippen molar-refractivity contribution in [2.75, 3.05) is 32.7 Å². The Morgan fingerprint density at radius 3 is 2.41 bits per heavy atom. The Bertz CT molecular complexity index is 528. The molecule has 1 saturated heterocycles. The van der Waals surface area contributed by atoms with Gasteiger partial charge in [-0.3, -0.25) is 14.5 Å². The van der Waals surface area contributed by atoms with Gasteiger partial charge < -0.3 is 9.88 Å². The first-order valence-electron chi connectivity index (χ1n) is 8.20. The lowest BCUT2D eigenvalue weighted by molar-refractivity contribution is -0.132. The minimum atomic E-state index is 0.160. The van der Waals surface area contributed by atoms with Crippen LogP contribution >= 0.6 is 0 Å². The van der Waals surface area contributed by atoms with Gasteiger partial charge in [0.05, 0.1) is 6.54 Å². The van der Waals surface area contributed by atoms with Crippen LogP contribution in [0.2, 0.25) is 0 Å². The molecule has 22 heavy (non-hydrogen) atoms. The zero-order valence-corrected chi connectivity index (χ0v) is 13.9. The zero-order chi connectivity index (χ0) is 16.1. The number of nitrogens with zero attached hydrogens (tertiary/aromatic N) is 2. The van der Waals surface area contributed by atoms with Gasteiger partial charge in [0.15, 0.2) is 5.78 Å². The molecule has 2 heterocycles. The summed E-state index contributed by atoms with van der Waals surface area (Å²) in [6.07, 6.45) is 2.66. The van der Waals surface area contributed by atoms with Gasteiger partial charge in [0, 0.05) is 49.6 Å². The Kier molecular flexibility index (Phi) is 5.77. The quantitative estimate of drug-likeness (QED) is 0.819. The van der Waals surface area contributed by atoms with Crippen molar-refractivity contribution in [3.05, 3.63) is 23.0 Å². The van der Waals surface area contributed by atoms with Gasteiger partial charge in [-0.15, -0.1) is 0 Å². The monoisotopic (exact) mass is 305 g/mol. The summed E-state index contributed by atoms with van der Waals surface area (Å²) in [5.74, 6) is 0.414. The third-order valence-corrected chi connectivity index (χ3v) is 4.29. The van der Waals surface area contributed by atoms with E-state index in [1.807, 2.05) is 24.8 Å². The standard InChI is InChI=1S/C17H27N3O2/c1-4-5-6-17(22)20-9-7-19(8-10-20)12-16(21)15-11-13(2)18-14(15)3/h11,18H,4-10,12H2,1-3H3. The number of carbonyl (C=O) groups is 2. The number of carbonyl (C=O) groups excluding carboxylic acids is 2. The summed E-state index contributed by atoms with van der Waals surface area (Å²) in [5, 5.41) is 0. The van der Waals surface area contributed by atoms with Gasteiger partial charge in [0.1, 0.15) is 0 Å². The third-order valence-electron chi connectivity index (χ3n) is 4.29. The van der Waals surface area contributed by atoms with Crippen molar-refractivity contribution >= 4 is 11.7 Å². The molecule has 0 unspecified atom stereocenters. The Hall–Kier alpha value is -1.62. The number of ketones is 1. The molecule has 1 aliphatic rings. The van der Waals surface area contributed by atoms with E-state index in [1.54, 1.807) is 0 Å². The van der Waals surface area contributed by atoms with Crippen molar-refractivity contribution in [2.45, 2.75) is 40.0 Å². The molecule has 0 bridgehead atoms. The van der Waals surface area contributed by atoms with Crippen molar-refractivity contribution in [3.8, 4) is 0 Å². The number of piperazine rings is 1. The molecule has 1 fully saturated rings. The zero-order valence-electron chi connectivity index (χ0n) is 13.9. The molecule has 1 aliphatic heterocycles. The molecule has 0 aromatic carbocycles. The summed E-state index contributed by atoms with van der Waals surface area (Å²) < 4.78 is 0. The molecule has 2 rings (SSSR count). The third kappa shape index (κ3) is 4.19. The van der Waals surface area contributed by atoms with Crippen LogP contribution in [0.5, 0.6) is 0 Å². The van der Waals surface area contributed by atoms with Crippen molar-refractivity contribution < 1.29 is 9.59 Å². The van der Waals surface area contributed by atoms with E-state index in [4.69, 9.17) is 0 Å². The summed E-state index contributed by atoms with van der Waals surface area (Å²) in [6.45, 7) is 9.48. The van der Waals surface area contributed by atoms with E-state index in [-0.39, 0.29) is 11.7 Å². The van der Waals surface area contributed by atoms with Crippen LogP contribution in [0.1, 0.15) is 47.9 Å². The second kappa shape index (κ2) is 7.58. The number of Topliss-reactive ketones (excluding diaryl/α,β-unsaturated/α-hetero) is 1. The first kappa shape index (κ1) is 16.7. The minimum Gasteiger partial charge on any atom is -0.362 e. The van der Waals surface area contributed by atoms with Crippen LogP contribution in [0.15, 0.2) is 6.07 Å². The second-order valence-electron chi connectivity index (χ2n) is 6.17. The molecular formula is C17H27N3O2. The van der Waals surface area contributed by atoms with Crippen LogP contribution in [-0.4, -0.2) is 59.2 Å². The van der Waals surface area contributed by atoms with Gasteiger partial charge in [-0.1, -0.05) is 13.3 Å². The summed E-state index contributed by atoms with van der Waals surface area (Å²) in [4.78, 5) is 31.6. The molecule has 1 N–H and O–H groups in total. The average Bonchev–Trinajstić information content (AvgIpc) is 2.84. The molecular weight excluding hydrogens is 278 g/mol. The maximum absolute atomic E-state index is 12.4. The first-order valence-corrected chi connectivity index (χ1v) is 8.20. The molecule has 1 amide bonds. The van der Waals surface area contributed by atoms with Crippen LogP contribution in [-0.2, 0) is 4.79 Å². The molecule has 5 nitrogen and oxygen atoms in total. The van der Waals surface area contributed by atoms with E-state index < -0.39 is 0 Å². The number of rotatable bonds is 6. The number of nitrogens with one attached hydrogen (secondary N) is 1. The van der Waals surface area contributed by atoms with Gasteiger partial charge in [-0.2, -0.15) is 0 Å². The molecule has 0 saturated carbocycles. The van der Waals surface area contributed by atoms with E-state index in [2.05, 4.69) is 16.8 Å². The van der Waals surface area contributed by atoms with E-state index in [9.17, 15) is 9.59 Å². The highest BCUT2D eigenvalue weighted by Gasteiger charge is 2.23. The Morgan fingerprint density at radius 1 is 1.18 bits per heavy atom. The predicted octanol–water partition coefficient (Wildman–Crippen LogP) is 2.15. The predicted molar refractivity (Wildman–Crippen MR) is 87.1 cm³/mol. The summed E-state index contributed by atoms with van der Waals surface area (Å²) >= 11 is 0. The molecule has 0 aliphatic carbocycles. The number of hydrogen-bond donors (Lipinski definition) is 1. The Balaban J connectivity index is 1.81. The lowest BCUT2D eigenvalue weighted by atomic mass is 10.1. The van der Waals surface area contributed by atoms with Crippen LogP contribution in [0, 0.1) is 13.8 Å². The van der Waals surface area contributed by atoms with E-state index in [1.165, 1.54) is 0 Å². The van der Waals surface area contributed by atoms with Crippen LogP contribution in [0.25, 0.3) is 0 Å². The molecule has 122 valence electrons. The summed E-state index contributed by atoms with van der Waals surface area (Å²) in [5.41, 5.74) is 2.75. The van der Waals surface area contributed by atoms with E-state index in [0.29, 0.717) is 13.0 Å². The van der Waals surface area contributed by atoms with Gasteiger partial charge in [-0.05, 0) is 26.3 Å². The normalized spacial score (nSPS) is 16.0. The number of H-pyrrole nitrogens is 1. The Morgan fingerprint density at radius 2 is 1.86 bits per heavy atom. The van der Waals surface area contributed by atoms with Crippen molar-refractivity contribution in [1.82, 2.24) is 14.8 Å². The van der Waals surface area contributed by atoms with Crippen molar-refractivity contribution in [2.24, 2.45) is 0 Å². The lowest BCUT2D eigenvalue weighted by Crippen LogP contribution is -2.49. The maximum atomic E-state index is 12.4. The van der Waals surface area contributed by atoms with Crippen LogP contribution < -0.4 is 0 Å². The SMILES string of the molecule is CCCCC(=O)N1CCN(CC(=O)c2cc(C)[nH]c2C)CC1. The fourth-order valence-electron chi connectivity index (χ4n) is 2.94. The summed E-state index contributed by atoms with van der Waals surface area (Å²) in [6, 6.07) is 1.92. The topological polar surface area (TPSA) is 56.4 Å². The average molecular weight is 305 g/mol. The molecule has 1 aromatic heterocycles. The number of unbranched alkanes of at least 4 members (excludes halogenated alkanes) is 1. The highest BCUT2D eigenvalue weighted by atomic mass is 16.2. The van der Waals surface area contributed by atoms with Gasteiger partial charge >= 0.3 is 0 Å². The highest BCUT2D eigenvalue weighted by molar-refractivity contribution is 5.98. The number of amides is 1. The van der Waals surface area contributed by atoms with Crippen LogP contribution in [0.4, 0.5) is 0 Å². The molecule has 0 spiro atoms. The largest absolute Gasteiger partial charge is 0.362 e. The first-order chi connectivity index (χ1) is 10.5. The van der Waals surface area contributed by atoms with Crippen molar-refractivity contribution in [3.63, 3.8) is 0 Å². The molecule has 0 atom stereocenters. The smallest absolute Gasteiger partial charge is 0.222 e. The fourth-order valence-corrected chi connectivity index (χ4v) is 2.94. The number of aromatic nitrogens is 1. The van der Waals surface area contributed by atoms with Gasteiger partial charge in [-0.25, -0.2) is 0 Å². The second-order valence-corrected chi connectivity index (χ2v) is 6.17. The fraction of sp³-hybridized carbons (Fsp3) is 0.647. The van der Waals surface area contributed by atoms with Gasteiger partial charge in [0.2, 0.25) is 5.91 Å². The minimum absolute atomic E-state index is 0.160. The van der Waals surface area contributed by atoms with E-state index in [0.717, 1.165) is 56.0 Å². The molecule has 5 heteroatoms. The number of hydrogen-bond acceptors (Lipinski definition) is 3. The Labute approximate surface area is 132 Å².